The van der Waals surface area contributed by atoms with Gasteiger partial charge in [-0.1, -0.05) is 121 Å². The van der Waals surface area contributed by atoms with Crippen LogP contribution in [0.4, 0.5) is 23.3 Å². The normalized spacial score (nSPS) is 17.9. The summed E-state index contributed by atoms with van der Waals surface area (Å²) in [6.45, 7) is 7.13. The van der Waals surface area contributed by atoms with E-state index in [2.05, 4.69) is 97.8 Å². The van der Waals surface area contributed by atoms with Gasteiger partial charge in [-0.3, -0.25) is 9.59 Å². The third-order valence-corrected chi connectivity index (χ3v) is 19.2. The molecule has 24 nitrogen and oxygen atoms in total. The largest absolute Gasteiger partial charge is 0.507 e. The van der Waals surface area contributed by atoms with Crippen LogP contribution in [-0.4, -0.2) is 162 Å². The summed E-state index contributed by atoms with van der Waals surface area (Å²) in [6.07, 6.45) is 3.34. The van der Waals surface area contributed by atoms with Gasteiger partial charge < -0.3 is 72.4 Å². The molecule has 0 aliphatic carbocycles. The van der Waals surface area contributed by atoms with Crippen LogP contribution in [0.5, 0.6) is 23.0 Å². The fraction of sp³-hybridized carbons (Fsp3) is 0.229. The molecule has 8 heterocycles. The predicted molar refractivity (Wildman–Crippen MR) is 418 cm³/mol. The molecule has 4 aliphatic heterocycles. The first-order chi connectivity index (χ1) is 52.3. The molecule has 4 aromatic heterocycles. The van der Waals surface area contributed by atoms with Crippen LogP contribution in [0.15, 0.2) is 212 Å². The molecule has 6 atom stereocenters. The summed E-state index contributed by atoms with van der Waals surface area (Å²) < 4.78 is 9.62. The number of nitrogens with zero attached hydrogens (tertiary/aromatic N) is 8. The minimum Gasteiger partial charge on any atom is -0.507 e. The van der Waals surface area contributed by atoms with Crippen molar-refractivity contribution >= 4 is 78.8 Å². The smallest absolute Gasteiger partial charge is 0.322 e. The van der Waals surface area contributed by atoms with E-state index in [-0.39, 0.29) is 59.1 Å². The Hall–Kier alpha value is -12.5. The number of aryl methyl sites for hydroxylation is 1. The summed E-state index contributed by atoms with van der Waals surface area (Å²) in [5, 5.41) is 71.7. The molecule has 0 radical (unpaired) electrons. The van der Waals surface area contributed by atoms with Gasteiger partial charge in [0.1, 0.15) is 58.4 Å². The minimum atomic E-state index is -0.321. The molecule has 24 heteroatoms. The van der Waals surface area contributed by atoms with Crippen LogP contribution in [-0.2, 0) is 19.1 Å². The Labute approximate surface area is 617 Å². The van der Waals surface area contributed by atoms with Crippen LogP contribution in [0.2, 0.25) is 0 Å². The van der Waals surface area contributed by atoms with E-state index in [1.165, 1.54) is 14.2 Å². The van der Waals surface area contributed by atoms with Gasteiger partial charge >= 0.3 is 11.9 Å². The van der Waals surface area contributed by atoms with Crippen molar-refractivity contribution in [2.24, 2.45) is 0 Å². The van der Waals surface area contributed by atoms with Gasteiger partial charge in [0, 0.05) is 71.9 Å². The number of phenols is 4. The Morgan fingerprint density at radius 2 is 0.729 bits per heavy atom. The number of rotatable bonds is 15. The molecule has 4 fully saturated rings. The van der Waals surface area contributed by atoms with Crippen molar-refractivity contribution in [3.63, 3.8) is 0 Å². The van der Waals surface area contributed by atoms with Gasteiger partial charge in [-0.05, 0) is 154 Å². The highest BCUT2D eigenvalue weighted by Crippen LogP contribution is 2.37. The Balaban J connectivity index is 0.000000120. The Morgan fingerprint density at radius 1 is 0.364 bits per heavy atom. The molecule has 4 aliphatic rings. The van der Waals surface area contributed by atoms with Gasteiger partial charge in [0.25, 0.3) is 0 Å². The quantitative estimate of drug-likeness (QED) is 0.0424. The second-order valence-corrected chi connectivity index (χ2v) is 26.6. The lowest BCUT2D eigenvalue weighted by atomic mass is 10.0. The Kier molecular flexibility index (Phi) is 22.1. The third-order valence-electron chi connectivity index (χ3n) is 19.2. The van der Waals surface area contributed by atoms with Gasteiger partial charge in [-0.25, -0.2) is 39.9 Å². The van der Waals surface area contributed by atoms with Gasteiger partial charge in [-0.2, -0.15) is 0 Å². The Morgan fingerprint density at radius 3 is 1.14 bits per heavy atom. The van der Waals surface area contributed by atoms with Crippen molar-refractivity contribution in [3.05, 3.63) is 218 Å². The lowest BCUT2D eigenvalue weighted by Crippen LogP contribution is -2.31. The third kappa shape index (κ3) is 16.9. The summed E-state index contributed by atoms with van der Waals surface area (Å²) >= 11 is 0. The number of esters is 2. The molecule has 9 aromatic carbocycles. The van der Waals surface area contributed by atoms with Crippen molar-refractivity contribution in [2.75, 3.05) is 74.8 Å². The number of ether oxygens (including phenoxy) is 2. The summed E-state index contributed by atoms with van der Waals surface area (Å²) in [6, 6.07) is 66.7. The second-order valence-electron chi connectivity index (χ2n) is 26.6. The van der Waals surface area contributed by atoms with E-state index in [4.69, 9.17) is 24.4 Å². The molecule has 0 amide bonds. The fourth-order valence-corrected chi connectivity index (χ4v) is 13.6. The first kappa shape index (κ1) is 71.5. The standard InChI is InChI=1S/C24H22N4O.2C20H20N4O3.C19H20N4O/c29-22-9-5-4-8-20(22)24-27-21-14-17(16-6-2-1-3-7-16)10-11-19(21)23(28-24)26-18-12-13-25-15-18;2*1-27-20(26)16-10-12(11-21-16)22-18-13-6-2-4-8-15(13)23-19(24-18)14-7-3-5-9-17(14)25;1-12-6-7-17(24)15(10-12)19-22-16-5-3-2-4-14(16)18(23-19)21-13-8-9-20-11-13/h1-11,14,18,25,29H,12-13,15H2,(H,26,27,28);2*2-9,12,16,21,25H,10-11H2,1H3,(H,22,23,24);2-7,10,13,20,24H,8-9,11H2,1H3,(H,21,22,23)/t18-;12-,16+;12-,16-;13-/m0010/s1. The number of para-hydroxylation sites is 6. The number of carbonyl (C=O) groups excluding carboxylic acids is 2. The molecule has 107 heavy (non-hydrogen) atoms. The van der Waals surface area contributed by atoms with E-state index >= 15 is 0 Å². The molecule has 0 unspecified atom stereocenters. The molecule has 4 saturated heterocycles. The van der Waals surface area contributed by atoms with Crippen molar-refractivity contribution in [1.82, 2.24) is 61.1 Å². The Bertz CT molecular complexity index is 5180. The van der Waals surface area contributed by atoms with Crippen LogP contribution in [0.25, 0.3) is 100 Å². The predicted octanol–water partition coefficient (Wildman–Crippen LogP) is 12.2. The number of aromatic hydroxyl groups is 4. The van der Waals surface area contributed by atoms with E-state index < -0.39 is 0 Å². The van der Waals surface area contributed by atoms with Crippen LogP contribution in [0.3, 0.4) is 0 Å². The van der Waals surface area contributed by atoms with Crippen LogP contribution in [0.1, 0.15) is 31.2 Å². The van der Waals surface area contributed by atoms with E-state index in [0.29, 0.717) is 95.2 Å². The number of anilines is 4. The number of benzene rings is 9. The highest BCUT2D eigenvalue weighted by atomic mass is 16.5. The van der Waals surface area contributed by atoms with Gasteiger partial charge in [0.15, 0.2) is 23.3 Å². The molecule has 12 N–H and O–H groups in total. The summed E-state index contributed by atoms with van der Waals surface area (Å²) in [7, 11) is 2.78. The maximum atomic E-state index is 11.7. The first-order valence-electron chi connectivity index (χ1n) is 35.7. The summed E-state index contributed by atoms with van der Waals surface area (Å²) in [5.41, 5.74) is 9.04. The molecular formula is C83H82N16O8. The number of fused-ring (bicyclic) bond motifs is 4. The summed E-state index contributed by atoms with van der Waals surface area (Å²) in [4.78, 5) is 61.0. The number of aromatic nitrogens is 8. The summed E-state index contributed by atoms with van der Waals surface area (Å²) in [5.74, 6) is 5.07. The number of nitrogens with one attached hydrogen (secondary N) is 8. The molecular weight excluding hydrogens is 1350 g/mol. The maximum absolute atomic E-state index is 11.7. The topological polar surface area (TPSA) is 333 Å². The zero-order valence-corrected chi connectivity index (χ0v) is 59.2. The lowest BCUT2D eigenvalue weighted by molar-refractivity contribution is -0.143. The molecule has 17 rings (SSSR count). The van der Waals surface area contributed by atoms with Crippen LogP contribution < -0.4 is 42.5 Å². The number of methoxy groups -OCH3 is 2. The van der Waals surface area contributed by atoms with Crippen LogP contribution >= 0.6 is 0 Å². The fourth-order valence-electron chi connectivity index (χ4n) is 13.6. The number of carbonyl (C=O) groups is 2. The number of phenolic OH excluding ortho intramolecular Hbond substituents is 4. The molecule has 0 saturated carbocycles. The highest BCUT2D eigenvalue weighted by Gasteiger charge is 2.33. The lowest BCUT2D eigenvalue weighted by Gasteiger charge is -2.16. The SMILES string of the molecule is COC(=O)[C@H]1C[C@@H](Nc2nc(-c3ccccc3O)nc3ccccc23)CN1.COC(=O)[C@H]1C[C@H](Nc2nc(-c3ccccc3O)nc3ccccc23)CN1.Cc1ccc(O)c(-c2nc(N[C@H]3CCNC3)c3ccccc3n2)c1.Oc1ccccc1-c1nc(N[C@H]2CCNC2)c2ccc(-c3ccccc3)cc2n1. The maximum Gasteiger partial charge on any atom is 0.322 e. The second kappa shape index (κ2) is 33.1. The molecule has 0 bridgehead atoms. The number of hydrogen-bond acceptors (Lipinski definition) is 24. The van der Waals surface area contributed by atoms with E-state index in [0.717, 1.165) is 111 Å². The van der Waals surface area contributed by atoms with Gasteiger partial charge in [-0.15, -0.1) is 0 Å². The van der Waals surface area contributed by atoms with Crippen LogP contribution in [0, 0.1) is 6.92 Å². The van der Waals surface area contributed by atoms with Crippen molar-refractivity contribution in [3.8, 4) is 79.7 Å². The van der Waals surface area contributed by atoms with Gasteiger partial charge in [0.05, 0.1) is 58.5 Å². The average molecular weight is 1430 g/mol. The van der Waals surface area contributed by atoms with E-state index in [1.54, 1.807) is 54.6 Å². The van der Waals surface area contributed by atoms with E-state index in [9.17, 15) is 30.0 Å². The molecule has 0 spiro atoms. The zero-order chi connectivity index (χ0) is 73.8. The first-order valence-corrected chi connectivity index (χ1v) is 35.7. The number of hydrogen-bond donors (Lipinski definition) is 12. The van der Waals surface area contributed by atoms with Crippen molar-refractivity contribution in [1.29, 1.82) is 0 Å². The van der Waals surface area contributed by atoms with E-state index in [1.807, 2.05) is 134 Å². The molecule has 542 valence electrons. The minimum absolute atomic E-state index is 0.0321. The highest BCUT2D eigenvalue weighted by molar-refractivity contribution is 5.96. The molecule has 13 aromatic rings. The monoisotopic (exact) mass is 1430 g/mol. The van der Waals surface area contributed by atoms with Gasteiger partial charge in [0.2, 0.25) is 0 Å². The zero-order valence-electron chi connectivity index (χ0n) is 59.2. The van der Waals surface area contributed by atoms with Crippen molar-refractivity contribution in [2.45, 2.75) is 68.9 Å². The average Bonchev–Trinajstić information content (AvgIpc) is 1.57. The van der Waals surface area contributed by atoms with Crippen molar-refractivity contribution < 1.29 is 39.5 Å².